The summed E-state index contributed by atoms with van der Waals surface area (Å²) in [5.41, 5.74) is 5.70. The first-order valence-electron chi connectivity index (χ1n) is 4.84. The van der Waals surface area contributed by atoms with Crippen LogP contribution < -0.4 is 10.6 Å². The summed E-state index contributed by atoms with van der Waals surface area (Å²) in [6.45, 7) is 0.519. The Morgan fingerprint density at radius 3 is 2.65 bits per heavy atom. The molecule has 1 rings (SSSR count). The van der Waals surface area contributed by atoms with Gasteiger partial charge in [0.05, 0.1) is 17.4 Å². The lowest BCUT2D eigenvalue weighted by atomic mass is 10.2. The van der Waals surface area contributed by atoms with Gasteiger partial charge in [0.1, 0.15) is 18.4 Å². The highest BCUT2D eigenvalue weighted by atomic mass is 19.4. The summed E-state index contributed by atoms with van der Waals surface area (Å²) in [4.78, 5) is 4.77. The molecule has 0 saturated heterocycles. The summed E-state index contributed by atoms with van der Waals surface area (Å²) in [6, 6.07) is 3.09. The highest BCUT2D eigenvalue weighted by molar-refractivity contribution is 5.58. The molecule has 7 heteroatoms. The predicted molar refractivity (Wildman–Crippen MR) is 57.3 cm³/mol. The van der Waals surface area contributed by atoms with E-state index in [2.05, 4.69) is 4.98 Å². The number of anilines is 2. The summed E-state index contributed by atoms with van der Waals surface area (Å²) in [6.07, 6.45) is -3.11. The quantitative estimate of drug-likeness (QED) is 0.882. The summed E-state index contributed by atoms with van der Waals surface area (Å²) in [7, 11) is 0. The fourth-order valence-corrected chi connectivity index (χ4v) is 1.36. The van der Waals surface area contributed by atoms with Gasteiger partial charge in [-0.05, 0) is 13.0 Å². The van der Waals surface area contributed by atoms with Crippen LogP contribution >= 0.6 is 0 Å². The first kappa shape index (κ1) is 13.1. The van der Waals surface area contributed by atoms with Gasteiger partial charge in [-0.3, -0.25) is 0 Å². The van der Waals surface area contributed by atoms with Crippen molar-refractivity contribution in [2.45, 2.75) is 13.1 Å². The van der Waals surface area contributed by atoms with Gasteiger partial charge in [-0.2, -0.15) is 18.4 Å². The lowest BCUT2D eigenvalue weighted by Gasteiger charge is -2.24. The minimum atomic E-state index is -4.34. The zero-order valence-electron chi connectivity index (χ0n) is 9.12. The average Bonchev–Trinajstić information content (AvgIpc) is 2.24. The van der Waals surface area contributed by atoms with Crippen LogP contribution in [0, 0.1) is 11.3 Å². The first-order valence-corrected chi connectivity index (χ1v) is 4.84. The van der Waals surface area contributed by atoms with Crippen LogP contribution in [0.2, 0.25) is 0 Å². The number of halogens is 3. The molecule has 0 aliphatic heterocycles. The minimum absolute atomic E-state index is 0.00141. The molecule has 0 radical (unpaired) electrons. The van der Waals surface area contributed by atoms with Gasteiger partial charge in [0.2, 0.25) is 0 Å². The van der Waals surface area contributed by atoms with Crippen LogP contribution in [-0.2, 0) is 0 Å². The van der Waals surface area contributed by atoms with E-state index in [4.69, 9.17) is 11.0 Å². The molecule has 0 aliphatic carbocycles. The van der Waals surface area contributed by atoms with Gasteiger partial charge < -0.3 is 10.6 Å². The number of nitrogens with two attached hydrogens (primary N) is 1. The maximum absolute atomic E-state index is 12.3. The van der Waals surface area contributed by atoms with E-state index < -0.39 is 12.7 Å². The largest absolute Gasteiger partial charge is 0.405 e. The molecule has 0 spiro atoms. The van der Waals surface area contributed by atoms with E-state index in [1.54, 1.807) is 13.0 Å². The van der Waals surface area contributed by atoms with E-state index >= 15 is 0 Å². The molecule has 1 aromatic heterocycles. The van der Waals surface area contributed by atoms with Crippen molar-refractivity contribution in [3.8, 4) is 6.07 Å². The monoisotopic (exact) mass is 244 g/mol. The number of hydrogen-bond acceptors (Lipinski definition) is 4. The number of nitrogens with zero attached hydrogens (tertiary/aromatic N) is 3. The fourth-order valence-electron chi connectivity index (χ4n) is 1.36. The Labute approximate surface area is 96.5 Å². The van der Waals surface area contributed by atoms with Crippen LogP contribution in [0.4, 0.5) is 24.7 Å². The maximum Gasteiger partial charge on any atom is 0.405 e. The number of hydrogen-bond donors (Lipinski definition) is 1. The molecule has 0 saturated carbocycles. The highest BCUT2D eigenvalue weighted by Crippen LogP contribution is 2.23. The topological polar surface area (TPSA) is 65.9 Å². The van der Waals surface area contributed by atoms with Crippen molar-refractivity contribution in [3.63, 3.8) is 0 Å². The first-order chi connectivity index (χ1) is 7.87. The van der Waals surface area contributed by atoms with Crippen molar-refractivity contribution in [1.82, 2.24) is 4.98 Å². The highest BCUT2D eigenvalue weighted by Gasteiger charge is 2.31. The van der Waals surface area contributed by atoms with Gasteiger partial charge >= 0.3 is 6.18 Å². The predicted octanol–water partition coefficient (Wildman–Crippen LogP) is 1.92. The van der Waals surface area contributed by atoms with Crippen LogP contribution in [0.15, 0.2) is 12.3 Å². The number of rotatable bonds is 3. The van der Waals surface area contributed by atoms with Crippen molar-refractivity contribution in [3.05, 3.63) is 17.8 Å². The minimum Gasteiger partial charge on any atom is -0.397 e. The van der Waals surface area contributed by atoms with Gasteiger partial charge in [-0.25, -0.2) is 4.98 Å². The van der Waals surface area contributed by atoms with Crippen LogP contribution in [0.5, 0.6) is 0 Å². The molecule has 0 aliphatic rings. The molecule has 0 bridgehead atoms. The van der Waals surface area contributed by atoms with E-state index in [0.29, 0.717) is 0 Å². The summed E-state index contributed by atoms with van der Waals surface area (Å²) in [5.74, 6) is 0.00141. The third-order valence-corrected chi connectivity index (χ3v) is 2.06. The Kier molecular flexibility index (Phi) is 3.78. The lowest BCUT2D eigenvalue weighted by molar-refractivity contribution is -0.119. The van der Waals surface area contributed by atoms with Crippen LogP contribution in [0.1, 0.15) is 12.5 Å². The normalized spacial score (nSPS) is 11.0. The molecule has 0 unspecified atom stereocenters. The number of pyridine rings is 1. The molecule has 0 amide bonds. The molecular formula is C10H11F3N4. The molecular weight excluding hydrogens is 233 g/mol. The average molecular weight is 244 g/mol. The second-order valence-electron chi connectivity index (χ2n) is 3.38. The maximum atomic E-state index is 12.3. The zero-order chi connectivity index (χ0) is 13.1. The summed E-state index contributed by atoms with van der Waals surface area (Å²) in [5, 5.41) is 8.83. The third-order valence-electron chi connectivity index (χ3n) is 2.06. The molecule has 0 atom stereocenters. The number of alkyl halides is 3. The summed E-state index contributed by atoms with van der Waals surface area (Å²) < 4.78 is 36.9. The number of nitrogen functional groups attached to an aromatic ring is 1. The lowest BCUT2D eigenvalue weighted by Crippen LogP contribution is -2.35. The van der Waals surface area contributed by atoms with Crippen LogP contribution in [0.25, 0.3) is 0 Å². The molecule has 92 valence electrons. The molecule has 2 N–H and O–H groups in total. The SMILES string of the molecule is CCN(CC(F)(F)F)c1ncc(N)cc1C#N. The molecule has 0 aromatic carbocycles. The van der Waals surface area contributed by atoms with Crippen molar-refractivity contribution in [2.24, 2.45) is 0 Å². The van der Waals surface area contributed by atoms with Crippen molar-refractivity contribution >= 4 is 11.5 Å². The smallest absolute Gasteiger partial charge is 0.397 e. The van der Waals surface area contributed by atoms with E-state index in [1.807, 2.05) is 0 Å². The summed E-state index contributed by atoms with van der Waals surface area (Å²) >= 11 is 0. The van der Waals surface area contributed by atoms with Gasteiger partial charge in [0, 0.05) is 6.54 Å². The van der Waals surface area contributed by atoms with E-state index in [0.717, 1.165) is 4.90 Å². The molecule has 0 fully saturated rings. The molecule has 17 heavy (non-hydrogen) atoms. The fraction of sp³-hybridized carbons (Fsp3) is 0.400. The van der Waals surface area contributed by atoms with Crippen molar-refractivity contribution in [1.29, 1.82) is 5.26 Å². The Balaban J connectivity index is 3.08. The van der Waals surface area contributed by atoms with Crippen molar-refractivity contribution < 1.29 is 13.2 Å². The standard InChI is InChI=1S/C10H11F3N4/c1-2-17(6-10(11,12)13)9-7(4-14)3-8(15)5-16-9/h3,5H,2,6,15H2,1H3. The van der Waals surface area contributed by atoms with Gasteiger partial charge in [0.25, 0.3) is 0 Å². The van der Waals surface area contributed by atoms with Crippen molar-refractivity contribution in [2.75, 3.05) is 23.7 Å². The zero-order valence-corrected chi connectivity index (χ0v) is 9.12. The van der Waals surface area contributed by atoms with Gasteiger partial charge in [0.15, 0.2) is 0 Å². The van der Waals surface area contributed by atoms with E-state index in [9.17, 15) is 13.2 Å². The second-order valence-corrected chi connectivity index (χ2v) is 3.38. The van der Waals surface area contributed by atoms with Crippen LogP contribution in [-0.4, -0.2) is 24.2 Å². The molecule has 1 heterocycles. The van der Waals surface area contributed by atoms with Gasteiger partial charge in [-0.1, -0.05) is 0 Å². The number of aromatic nitrogens is 1. The number of nitriles is 1. The Hall–Kier alpha value is -1.97. The van der Waals surface area contributed by atoms with E-state index in [-0.39, 0.29) is 23.6 Å². The third kappa shape index (κ3) is 3.52. The Morgan fingerprint density at radius 2 is 2.18 bits per heavy atom. The Morgan fingerprint density at radius 1 is 1.53 bits per heavy atom. The second kappa shape index (κ2) is 4.91. The van der Waals surface area contributed by atoms with E-state index in [1.165, 1.54) is 12.3 Å². The molecule has 4 nitrogen and oxygen atoms in total. The van der Waals surface area contributed by atoms with Gasteiger partial charge in [-0.15, -0.1) is 0 Å². The Bertz CT molecular complexity index is 436. The molecule has 1 aromatic rings. The van der Waals surface area contributed by atoms with Crippen LogP contribution in [0.3, 0.4) is 0 Å².